The van der Waals surface area contributed by atoms with Crippen molar-refractivity contribution >= 4 is 28.5 Å². The zero-order chi connectivity index (χ0) is 26.8. The Morgan fingerprint density at radius 2 is 1.58 bits per heavy atom. The van der Waals surface area contributed by atoms with Crippen LogP contribution in [0.4, 0.5) is 5.69 Å². The highest BCUT2D eigenvalue weighted by atomic mass is 16.5. The average Bonchev–Trinajstić information content (AvgIpc) is 3.22. The molecule has 0 aliphatic carbocycles. The summed E-state index contributed by atoms with van der Waals surface area (Å²) < 4.78 is 22.6. The summed E-state index contributed by atoms with van der Waals surface area (Å²) in [7, 11) is 0. The number of anilines is 1. The number of rotatable bonds is 8. The van der Waals surface area contributed by atoms with Crippen molar-refractivity contribution in [1.82, 2.24) is 0 Å². The molecule has 0 saturated heterocycles. The molecule has 0 bridgehead atoms. The molecule has 1 amide bonds. The Morgan fingerprint density at radius 3 is 2.29 bits per heavy atom. The SMILES string of the molecule is CCOC(=O)c1ccc(N2C(=O)c3oc4ccccc4c(=O)c3C2c2ccc(OCC)c(OCC)c2)cc1. The maximum absolute atomic E-state index is 13.8. The fourth-order valence-electron chi connectivity index (χ4n) is 4.71. The van der Waals surface area contributed by atoms with Crippen molar-refractivity contribution < 1.29 is 28.2 Å². The zero-order valence-corrected chi connectivity index (χ0v) is 21.4. The monoisotopic (exact) mass is 513 g/mol. The van der Waals surface area contributed by atoms with Crippen molar-refractivity contribution in [3.05, 3.63) is 99.4 Å². The van der Waals surface area contributed by atoms with Gasteiger partial charge in [-0.25, -0.2) is 4.79 Å². The smallest absolute Gasteiger partial charge is 0.338 e. The third-order valence-electron chi connectivity index (χ3n) is 6.32. The van der Waals surface area contributed by atoms with Crippen LogP contribution in [0.1, 0.15) is 58.9 Å². The molecule has 0 radical (unpaired) electrons. The summed E-state index contributed by atoms with van der Waals surface area (Å²) in [4.78, 5) is 41.3. The Bertz CT molecular complexity index is 1570. The van der Waals surface area contributed by atoms with E-state index in [0.29, 0.717) is 52.5 Å². The number of para-hydroxylation sites is 1. The van der Waals surface area contributed by atoms with E-state index >= 15 is 0 Å². The molecule has 8 nitrogen and oxygen atoms in total. The molecule has 1 aliphatic rings. The van der Waals surface area contributed by atoms with Crippen molar-refractivity contribution in [2.45, 2.75) is 26.8 Å². The van der Waals surface area contributed by atoms with Gasteiger partial charge in [-0.3, -0.25) is 14.5 Å². The van der Waals surface area contributed by atoms with Gasteiger partial charge in [0.2, 0.25) is 5.76 Å². The molecule has 0 saturated carbocycles. The van der Waals surface area contributed by atoms with Gasteiger partial charge in [-0.15, -0.1) is 0 Å². The number of esters is 1. The Labute approximate surface area is 219 Å². The first-order valence-electron chi connectivity index (χ1n) is 12.5. The van der Waals surface area contributed by atoms with Gasteiger partial charge in [0.05, 0.1) is 42.4 Å². The highest BCUT2D eigenvalue weighted by Crippen LogP contribution is 2.43. The van der Waals surface area contributed by atoms with Crippen LogP contribution in [0.3, 0.4) is 0 Å². The molecule has 1 aliphatic heterocycles. The maximum atomic E-state index is 13.8. The number of benzene rings is 3. The van der Waals surface area contributed by atoms with Gasteiger partial charge in [0.15, 0.2) is 16.9 Å². The molecule has 0 spiro atoms. The van der Waals surface area contributed by atoms with E-state index < -0.39 is 17.9 Å². The summed E-state index contributed by atoms with van der Waals surface area (Å²) in [6.45, 7) is 6.61. The largest absolute Gasteiger partial charge is 0.490 e. The van der Waals surface area contributed by atoms with E-state index in [2.05, 4.69) is 0 Å². The lowest BCUT2D eigenvalue weighted by Gasteiger charge is -2.26. The topological polar surface area (TPSA) is 95.3 Å². The van der Waals surface area contributed by atoms with Crippen LogP contribution in [-0.2, 0) is 4.74 Å². The van der Waals surface area contributed by atoms with E-state index in [1.807, 2.05) is 19.9 Å². The molecule has 4 aromatic rings. The molecule has 1 aromatic heterocycles. The summed E-state index contributed by atoms with van der Waals surface area (Å²) in [5.41, 5.74) is 1.81. The first kappa shape index (κ1) is 25.1. The molecule has 38 heavy (non-hydrogen) atoms. The first-order valence-corrected chi connectivity index (χ1v) is 12.5. The number of amides is 1. The molecular weight excluding hydrogens is 486 g/mol. The minimum atomic E-state index is -0.790. The van der Waals surface area contributed by atoms with Crippen molar-refractivity contribution in [2.24, 2.45) is 0 Å². The Kier molecular flexibility index (Phi) is 6.87. The van der Waals surface area contributed by atoms with Gasteiger partial charge < -0.3 is 18.6 Å². The van der Waals surface area contributed by atoms with Crippen molar-refractivity contribution in [3.63, 3.8) is 0 Å². The van der Waals surface area contributed by atoms with E-state index in [1.54, 1.807) is 67.6 Å². The standard InChI is InChI=1S/C30H27NO7/c1-4-35-23-16-13-19(17-24(23)36-5-2)26-25-27(32)21-9-7-8-10-22(21)38-28(25)29(33)31(26)20-14-11-18(12-15-20)30(34)37-6-3/h7-17,26H,4-6H2,1-3H3. The Balaban J connectivity index is 1.70. The lowest BCUT2D eigenvalue weighted by atomic mass is 9.97. The van der Waals surface area contributed by atoms with Crippen LogP contribution in [0.2, 0.25) is 0 Å². The number of carbonyl (C=O) groups is 2. The van der Waals surface area contributed by atoms with Gasteiger partial charge in [0, 0.05) is 5.69 Å². The third kappa shape index (κ3) is 4.28. The van der Waals surface area contributed by atoms with Crippen molar-refractivity contribution in [1.29, 1.82) is 0 Å². The number of hydrogen-bond acceptors (Lipinski definition) is 7. The summed E-state index contributed by atoms with van der Waals surface area (Å²) in [5, 5.41) is 0.388. The van der Waals surface area contributed by atoms with Crippen LogP contribution in [0.5, 0.6) is 11.5 Å². The van der Waals surface area contributed by atoms with Gasteiger partial charge in [0.1, 0.15) is 5.58 Å². The zero-order valence-electron chi connectivity index (χ0n) is 21.4. The molecule has 8 heteroatoms. The quantitative estimate of drug-likeness (QED) is 0.286. The summed E-state index contributed by atoms with van der Waals surface area (Å²) in [6.07, 6.45) is 0. The lowest BCUT2D eigenvalue weighted by molar-refractivity contribution is 0.0526. The first-order chi connectivity index (χ1) is 18.5. The Morgan fingerprint density at radius 1 is 0.868 bits per heavy atom. The minimum absolute atomic E-state index is 0.0139. The van der Waals surface area contributed by atoms with Gasteiger partial charge >= 0.3 is 5.97 Å². The second-order valence-electron chi connectivity index (χ2n) is 8.59. The van der Waals surface area contributed by atoms with Crippen LogP contribution in [-0.4, -0.2) is 31.7 Å². The van der Waals surface area contributed by atoms with Crippen molar-refractivity contribution in [3.8, 4) is 11.5 Å². The highest BCUT2D eigenvalue weighted by Gasteiger charge is 2.44. The second-order valence-corrected chi connectivity index (χ2v) is 8.59. The molecule has 1 unspecified atom stereocenters. The molecular formula is C30H27NO7. The second kappa shape index (κ2) is 10.4. The van der Waals surface area contributed by atoms with Crippen LogP contribution in [0.25, 0.3) is 11.0 Å². The van der Waals surface area contributed by atoms with E-state index in [1.165, 1.54) is 4.90 Å². The minimum Gasteiger partial charge on any atom is -0.490 e. The molecule has 194 valence electrons. The van der Waals surface area contributed by atoms with E-state index in [4.69, 9.17) is 18.6 Å². The fourth-order valence-corrected chi connectivity index (χ4v) is 4.71. The van der Waals surface area contributed by atoms with Gasteiger partial charge in [-0.2, -0.15) is 0 Å². The predicted molar refractivity (Wildman–Crippen MR) is 142 cm³/mol. The number of ether oxygens (including phenoxy) is 3. The molecule has 2 heterocycles. The average molecular weight is 514 g/mol. The Hall–Kier alpha value is -4.59. The van der Waals surface area contributed by atoms with E-state index in [-0.39, 0.29) is 23.4 Å². The summed E-state index contributed by atoms with van der Waals surface area (Å²) in [5.74, 6) is 0.153. The summed E-state index contributed by atoms with van der Waals surface area (Å²) in [6, 6.07) is 17.9. The predicted octanol–water partition coefficient (Wildman–Crippen LogP) is 5.52. The van der Waals surface area contributed by atoms with Crippen LogP contribution < -0.4 is 19.8 Å². The van der Waals surface area contributed by atoms with Gasteiger partial charge in [-0.1, -0.05) is 18.2 Å². The molecule has 1 atom stereocenters. The van der Waals surface area contributed by atoms with E-state index in [9.17, 15) is 14.4 Å². The number of fused-ring (bicyclic) bond motifs is 2. The maximum Gasteiger partial charge on any atom is 0.338 e. The number of hydrogen-bond donors (Lipinski definition) is 0. The number of nitrogens with zero attached hydrogens (tertiary/aromatic N) is 1. The van der Waals surface area contributed by atoms with Crippen LogP contribution in [0.15, 0.2) is 75.9 Å². The van der Waals surface area contributed by atoms with Crippen LogP contribution in [0, 0.1) is 0 Å². The normalized spacial score (nSPS) is 14.4. The van der Waals surface area contributed by atoms with Gasteiger partial charge in [-0.05, 0) is 74.9 Å². The van der Waals surface area contributed by atoms with E-state index in [0.717, 1.165) is 0 Å². The molecule has 5 rings (SSSR count). The lowest BCUT2D eigenvalue weighted by Crippen LogP contribution is -2.29. The van der Waals surface area contributed by atoms with Crippen molar-refractivity contribution in [2.75, 3.05) is 24.7 Å². The molecule has 3 aromatic carbocycles. The van der Waals surface area contributed by atoms with Gasteiger partial charge in [0.25, 0.3) is 5.91 Å². The molecule has 0 N–H and O–H groups in total. The highest BCUT2D eigenvalue weighted by molar-refractivity contribution is 6.10. The van der Waals surface area contributed by atoms with Crippen LogP contribution >= 0.6 is 0 Å². The molecule has 0 fully saturated rings. The third-order valence-corrected chi connectivity index (χ3v) is 6.32. The summed E-state index contributed by atoms with van der Waals surface area (Å²) >= 11 is 0. The number of carbonyl (C=O) groups excluding carboxylic acids is 2. The fraction of sp³-hybridized carbons (Fsp3) is 0.233.